The number of hydrogen-bond donors (Lipinski definition) is 1. The molecule has 0 heterocycles. The van der Waals surface area contributed by atoms with Crippen LogP contribution in [0.25, 0.3) is 0 Å². The molecule has 0 aromatic heterocycles. The van der Waals surface area contributed by atoms with Gasteiger partial charge in [0.1, 0.15) is 5.82 Å². The third kappa shape index (κ3) is 6.48. The van der Waals surface area contributed by atoms with Crippen molar-refractivity contribution in [1.82, 2.24) is 5.32 Å². The minimum atomic E-state index is -0.188. The second-order valence-electron chi connectivity index (χ2n) is 7.09. The van der Waals surface area contributed by atoms with Crippen molar-refractivity contribution in [1.29, 1.82) is 0 Å². The van der Waals surface area contributed by atoms with E-state index in [1.807, 2.05) is 6.07 Å². The van der Waals surface area contributed by atoms with Crippen molar-refractivity contribution in [3.8, 4) is 0 Å². The van der Waals surface area contributed by atoms with Gasteiger partial charge in [0.2, 0.25) is 0 Å². The Kier molecular flexibility index (Phi) is 7.35. The lowest BCUT2D eigenvalue weighted by molar-refractivity contribution is 0.222. The third-order valence-electron chi connectivity index (χ3n) is 4.28. The zero-order valence-electron chi connectivity index (χ0n) is 14.0. The molecule has 0 aliphatic rings. The van der Waals surface area contributed by atoms with Gasteiger partial charge in [-0.15, -0.1) is 0 Å². The van der Waals surface area contributed by atoms with Gasteiger partial charge in [-0.1, -0.05) is 56.6 Å². The van der Waals surface area contributed by atoms with Crippen LogP contribution >= 0.6 is 15.9 Å². The fraction of sp³-hybridized carbons (Fsp3) is 0.667. The highest BCUT2D eigenvalue weighted by atomic mass is 79.9. The molecule has 120 valence electrons. The third-order valence-corrected chi connectivity index (χ3v) is 5.02. The molecule has 3 heteroatoms. The molecule has 1 rings (SSSR count). The highest BCUT2D eigenvalue weighted by Crippen LogP contribution is 2.30. The van der Waals surface area contributed by atoms with Gasteiger partial charge in [0.05, 0.1) is 0 Å². The van der Waals surface area contributed by atoms with Gasteiger partial charge in [-0.25, -0.2) is 4.39 Å². The average Bonchev–Trinajstić information content (AvgIpc) is 2.37. The summed E-state index contributed by atoms with van der Waals surface area (Å²) in [5, 5.41) is 3.65. The van der Waals surface area contributed by atoms with Crippen LogP contribution in [0.15, 0.2) is 22.7 Å². The number of halogens is 2. The molecule has 2 unspecified atom stereocenters. The van der Waals surface area contributed by atoms with Crippen molar-refractivity contribution >= 4 is 15.9 Å². The van der Waals surface area contributed by atoms with Crippen LogP contribution in [-0.4, -0.2) is 12.6 Å². The van der Waals surface area contributed by atoms with Crippen LogP contribution in [-0.2, 0) is 6.42 Å². The first-order chi connectivity index (χ1) is 9.74. The molecular formula is C18H29BrFN. The molecule has 1 nitrogen and oxygen atoms in total. The molecule has 21 heavy (non-hydrogen) atoms. The van der Waals surface area contributed by atoms with Crippen molar-refractivity contribution in [3.63, 3.8) is 0 Å². The maximum atomic E-state index is 13.2. The van der Waals surface area contributed by atoms with E-state index >= 15 is 0 Å². The van der Waals surface area contributed by atoms with Crippen LogP contribution < -0.4 is 5.32 Å². The summed E-state index contributed by atoms with van der Waals surface area (Å²) in [5.41, 5.74) is 1.48. The molecule has 0 spiro atoms. The number of nitrogens with one attached hydrogen (secondary N) is 1. The molecule has 1 aromatic carbocycles. The molecular weight excluding hydrogens is 329 g/mol. The Morgan fingerprint density at radius 3 is 2.48 bits per heavy atom. The lowest BCUT2D eigenvalue weighted by atomic mass is 9.78. The first kappa shape index (κ1) is 18.6. The maximum absolute atomic E-state index is 13.2. The van der Waals surface area contributed by atoms with Crippen molar-refractivity contribution in [2.45, 2.75) is 59.9 Å². The maximum Gasteiger partial charge on any atom is 0.124 e. The van der Waals surface area contributed by atoms with Gasteiger partial charge < -0.3 is 5.32 Å². The Labute approximate surface area is 137 Å². The SMILES string of the molecule is CCCNC(Cc1ccc(F)cc1Br)CC(C)C(C)(C)C. The monoisotopic (exact) mass is 357 g/mol. The summed E-state index contributed by atoms with van der Waals surface area (Å²) in [7, 11) is 0. The first-order valence-electron chi connectivity index (χ1n) is 7.91. The summed E-state index contributed by atoms with van der Waals surface area (Å²) >= 11 is 3.48. The van der Waals surface area contributed by atoms with Crippen molar-refractivity contribution in [2.24, 2.45) is 11.3 Å². The molecule has 0 saturated carbocycles. The smallest absolute Gasteiger partial charge is 0.124 e. The molecule has 0 aliphatic carbocycles. The van der Waals surface area contributed by atoms with Gasteiger partial charge in [0, 0.05) is 10.5 Å². The van der Waals surface area contributed by atoms with Gasteiger partial charge in [0.15, 0.2) is 0 Å². The standard InChI is InChI=1S/C18H29BrFN/c1-6-9-21-16(10-13(2)18(3,4)5)11-14-7-8-15(20)12-17(14)19/h7-8,12-13,16,21H,6,9-11H2,1-5H3. The van der Waals surface area contributed by atoms with E-state index in [9.17, 15) is 4.39 Å². The molecule has 0 radical (unpaired) electrons. The minimum absolute atomic E-state index is 0.188. The van der Waals surface area contributed by atoms with Gasteiger partial charge in [0.25, 0.3) is 0 Å². The fourth-order valence-electron chi connectivity index (χ4n) is 2.32. The molecule has 2 atom stereocenters. The molecule has 0 bridgehead atoms. The number of benzene rings is 1. The van der Waals surface area contributed by atoms with E-state index in [0.29, 0.717) is 17.4 Å². The first-order valence-corrected chi connectivity index (χ1v) is 8.70. The van der Waals surface area contributed by atoms with E-state index < -0.39 is 0 Å². The Bertz CT molecular complexity index is 439. The molecule has 1 N–H and O–H groups in total. The Balaban J connectivity index is 2.77. The lowest BCUT2D eigenvalue weighted by Crippen LogP contribution is -2.36. The van der Waals surface area contributed by atoms with Crippen LogP contribution in [0.3, 0.4) is 0 Å². The second kappa shape index (κ2) is 8.28. The fourth-order valence-corrected chi connectivity index (χ4v) is 2.83. The predicted octanol–water partition coefficient (Wildman–Crippen LogP) is 5.57. The Morgan fingerprint density at radius 2 is 1.95 bits per heavy atom. The lowest BCUT2D eigenvalue weighted by Gasteiger charge is -2.31. The van der Waals surface area contributed by atoms with Gasteiger partial charge in [-0.2, -0.15) is 0 Å². The zero-order valence-corrected chi connectivity index (χ0v) is 15.6. The predicted molar refractivity (Wildman–Crippen MR) is 93.1 cm³/mol. The number of hydrogen-bond acceptors (Lipinski definition) is 1. The normalized spacial score (nSPS) is 15.0. The summed E-state index contributed by atoms with van der Waals surface area (Å²) in [6.07, 6.45) is 3.19. The van der Waals surface area contributed by atoms with E-state index in [4.69, 9.17) is 0 Å². The summed E-state index contributed by atoms with van der Waals surface area (Å²) in [4.78, 5) is 0. The molecule has 0 saturated heterocycles. The highest BCUT2D eigenvalue weighted by Gasteiger charge is 2.24. The number of rotatable bonds is 7. The summed E-state index contributed by atoms with van der Waals surface area (Å²) in [5.74, 6) is 0.442. The highest BCUT2D eigenvalue weighted by molar-refractivity contribution is 9.10. The van der Waals surface area contributed by atoms with Crippen molar-refractivity contribution in [2.75, 3.05) is 6.54 Å². The van der Waals surface area contributed by atoms with Gasteiger partial charge in [-0.05, 0) is 54.8 Å². The average molecular weight is 358 g/mol. The minimum Gasteiger partial charge on any atom is -0.314 e. The van der Waals surface area contributed by atoms with Crippen LogP contribution in [0.1, 0.15) is 53.0 Å². The van der Waals surface area contributed by atoms with Crippen LogP contribution in [0.5, 0.6) is 0 Å². The van der Waals surface area contributed by atoms with E-state index in [-0.39, 0.29) is 5.82 Å². The second-order valence-corrected chi connectivity index (χ2v) is 7.95. The molecule has 1 aromatic rings. The van der Waals surface area contributed by atoms with E-state index in [1.54, 1.807) is 12.1 Å². The summed E-state index contributed by atoms with van der Waals surface area (Å²) in [6.45, 7) is 12.4. The van der Waals surface area contributed by atoms with Crippen molar-refractivity contribution in [3.05, 3.63) is 34.1 Å². The largest absolute Gasteiger partial charge is 0.314 e. The summed E-state index contributed by atoms with van der Waals surface area (Å²) in [6, 6.07) is 5.42. The molecule has 0 fully saturated rings. The van der Waals surface area contributed by atoms with Gasteiger partial charge in [-0.3, -0.25) is 0 Å². The van der Waals surface area contributed by atoms with Crippen molar-refractivity contribution < 1.29 is 4.39 Å². The Hall–Kier alpha value is -0.410. The molecule has 0 aliphatic heterocycles. The molecule has 0 amide bonds. The van der Waals surface area contributed by atoms with E-state index in [1.165, 1.54) is 5.56 Å². The van der Waals surface area contributed by atoms with Crippen LogP contribution in [0, 0.1) is 17.2 Å². The van der Waals surface area contributed by atoms with E-state index in [2.05, 4.69) is 55.9 Å². The Morgan fingerprint density at radius 1 is 1.29 bits per heavy atom. The quantitative estimate of drug-likeness (QED) is 0.672. The van der Waals surface area contributed by atoms with Crippen LogP contribution in [0.4, 0.5) is 4.39 Å². The van der Waals surface area contributed by atoms with Crippen LogP contribution in [0.2, 0.25) is 0 Å². The zero-order chi connectivity index (χ0) is 16.0. The summed E-state index contributed by atoms with van der Waals surface area (Å²) < 4.78 is 14.1. The van der Waals surface area contributed by atoms with Gasteiger partial charge >= 0.3 is 0 Å². The topological polar surface area (TPSA) is 12.0 Å². The van der Waals surface area contributed by atoms with E-state index in [0.717, 1.165) is 30.3 Å².